The van der Waals surface area contributed by atoms with Gasteiger partial charge in [-0.3, -0.25) is 4.79 Å². The van der Waals surface area contributed by atoms with Crippen molar-refractivity contribution in [3.63, 3.8) is 0 Å². The van der Waals surface area contributed by atoms with Crippen molar-refractivity contribution in [2.45, 2.75) is 13.0 Å². The first-order valence-corrected chi connectivity index (χ1v) is 11.4. The lowest BCUT2D eigenvalue weighted by Gasteiger charge is -2.04. The van der Waals surface area contributed by atoms with Crippen LogP contribution in [0.1, 0.15) is 27.4 Å². The Balaban J connectivity index is 1.34. The molecule has 0 aliphatic carbocycles. The summed E-state index contributed by atoms with van der Waals surface area (Å²) in [5.74, 6) is -1.21. The molecular weight excluding hydrogens is 456 g/mol. The number of fused-ring (bicyclic) bond motifs is 2. The van der Waals surface area contributed by atoms with E-state index in [4.69, 9.17) is 9.52 Å². The lowest BCUT2D eigenvalue weighted by Crippen LogP contribution is -2.26. The number of amides is 1. The van der Waals surface area contributed by atoms with Gasteiger partial charge in [0.25, 0.3) is 5.91 Å². The number of rotatable bonds is 8. The van der Waals surface area contributed by atoms with Gasteiger partial charge >= 0.3 is 5.97 Å². The van der Waals surface area contributed by atoms with Crippen LogP contribution in [0.4, 0.5) is 0 Å². The molecule has 3 aromatic heterocycles. The second-order valence-corrected chi connectivity index (χ2v) is 8.34. The van der Waals surface area contributed by atoms with Crippen LogP contribution in [-0.4, -0.2) is 33.1 Å². The number of para-hydroxylation sites is 2. The zero-order valence-corrected chi connectivity index (χ0v) is 19.2. The summed E-state index contributed by atoms with van der Waals surface area (Å²) >= 11 is 0. The molecule has 0 aliphatic heterocycles. The highest BCUT2D eigenvalue weighted by molar-refractivity contribution is 6.04. The minimum atomic E-state index is -1.13. The van der Waals surface area contributed by atoms with Crippen LogP contribution in [0.2, 0.25) is 0 Å². The van der Waals surface area contributed by atoms with Crippen molar-refractivity contribution in [1.82, 2.24) is 14.9 Å². The largest absolute Gasteiger partial charge is 0.475 e. The number of hydrogen-bond donors (Lipinski definition) is 3. The van der Waals surface area contributed by atoms with Crippen molar-refractivity contribution in [2.24, 2.45) is 0 Å². The summed E-state index contributed by atoms with van der Waals surface area (Å²) in [6.07, 6.45) is 5.97. The first kappa shape index (κ1) is 22.7. The fraction of sp³-hybridized carbons (Fsp3) is 0.107. The van der Waals surface area contributed by atoms with E-state index in [0.29, 0.717) is 30.8 Å². The Labute approximate surface area is 206 Å². The Hall–Kier alpha value is -5.03. The zero-order valence-electron chi connectivity index (χ0n) is 19.2. The van der Waals surface area contributed by atoms with Gasteiger partial charge in [-0.2, -0.15) is 5.26 Å². The number of H-pyrrole nitrogens is 1. The highest BCUT2D eigenvalue weighted by Crippen LogP contribution is 2.25. The maximum absolute atomic E-state index is 12.8. The number of hydrogen-bond acceptors (Lipinski definition) is 4. The van der Waals surface area contributed by atoms with Crippen molar-refractivity contribution < 1.29 is 19.1 Å². The zero-order chi connectivity index (χ0) is 25.1. The predicted molar refractivity (Wildman–Crippen MR) is 135 cm³/mol. The molecule has 0 radical (unpaired) electrons. The number of furan rings is 1. The average Bonchev–Trinajstić information content (AvgIpc) is 3.61. The summed E-state index contributed by atoms with van der Waals surface area (Å²) in [6, 6.07) is 20.6. The molecule has 0 bridgehead atoms. The van der Waals surface area contributed by atoms with Crippen LogP contribution in [-0.2, 0) is 17.8 Å². The Morgan fingerprint density at radius 1 is 1.08 bits per heavy atom. The molecule has 2 aromatic carbocycles. The van der Waals surface area contributed by atoms with Crippen LogP contribution in [0.5, 0.6) is 0 Å². The summed E-state index contributed by atoms with van der Waals surface area (Å²) in [6.45, 7) is 0.701. The van der Waals surface area contributed by atoms with Gasteiger partial charge in [0.15, 0.2) is 0 Å². The molecule has 0 saturated heterocycles. The molecule has 0 saturated carbocycles. The van der Waals surface area contributed by atoms with E-state index in [0.717, 1.165) is 27.4 Å². The Kier molecular flexibility index (Phi) is 6.12. The second-order valence-electron chi connectivity index (χ2n) is 8.34. The third-order valence-corrected chi connectivity index (χ3v) is 6.04. The molecule has 0 atom stereocenters. The van der Waals surface area contributed by atoms with Crippen LogP contribution in [0.25, 0.3) is 27.9 Å². The van der Waals surface area contributed by atoms with E-state index in [1.807, 2.05) is 71.6 Å². The fourth-order valence-electron chi connectivity index (χ4n) is 4.32. The number of aromatic amines is 1. The third-order valence-electron chi connectivity index (χ3n) is 6.04. The molecule has 178 valence electrons. The quantitative estimate of drug-likeness (QED) is 0.220. The first-order chi connectivity index (χ1) is 17.5. The lowest BCUT2D eigenvalue weighted by molar-refractivity contribution is -0.117. The molecular formula is C28H22N4O4. The molecule has 0 aliphatic rings. The number of nitriles is 1. The molecule has 0 fully saturated rings. The van der Waals surface area contributed by atoms with Gasteiger partial charge in [-0.25, -0.2) is 4.79 Å². The summed E-state index contributed by atoms with van der Waals surface area (Å²) in [5, 5.41) is 23.6. The molecule has 5 rings (SSSR count). The molecule has 8 nitrogen and oxygen atoms in total. The number of carboxylic acids is 1. The molecule has 3 heterocycles. The van der Waals surface area contributed by atoms with Gasteiger partial charge in [0.05, 0.1) is 6.54 Å². The number of benzene rings is 2. The highest BCUT2D eigenvalue weighted by atomic mass is 16.4. The number of carbonyl (C=O) groups excluding carboxylic acids is 1. The average molecular weight is 479 g/mol. The molecule has 0 unspecified atom stereocenters. The minimum Gasteiger partial charge on any atom is -0.475 e. The number of aromatic nitrogens is 2. The number of carboxylic acid groups (broad SMARTS) is 1. The SMILES string of the molecule is N#C/C(=C\c1cn(Cc2ccc(C(=O)O)o2)c2ccccc12)C(=O)NCCc1c[nH]c2ccccc12. The molecule has 36 heavy (non-hydrogen) atoms. The van der Waals surface area contributed by atoms with Crippen molar-refractivity contribution in [3.8, 4) is 6.07 Å². The number of nitrogens with zero attached hydrogens (tertiary/aromatic N) is 2. The maximum Gasteiger partial charge on any atom is 0.371 e. The molecule has 8 heteroatoms. The van der Waals surface area contributed by atoms with Crippen LogP contribution >= 0.6 is 0 Å². The smallest absolute Gasteiger partial charge is 0.371 e. The number of carbonyl (C=O) groups is 2. The normalized spacial score (nSPS) is 11.6. The van der Waals surface area contributed by atoms with E-state index in [1.165, 1.54) is 6.07 Å². The van der Waals surface area contributed by atoms with Gasteiger partial charge in [-0.1, -0.05) is 36.4 Å². The van der Waals surface area contributed by atoms with Gasteiger partial charge in [-0.05, 0) is 42.3 Å². The maximum atomic E-state index is 12.8. The second kappa shape index (κ2) is 9.68. The predicted octanol–water partition coefficient (Wildman–Crippen LogP) is 4.73. The Morgan fingerprint density at radius 3 is 2.64 bits per heavy atom. The standard InChI is InChI=1S/C28H22N4O4/c29-14-19(27(33)30-12-11-18-15-31-24-7-3-1-5-22(18)24)13-20-16-32(25-8-4-2-6-23(20)25)17-21-9-10-26(36-21)28(34)35/h1-10,13,15-16,31H,11-12,17H2,(H,30,33)(H,34,35)/b19-13+. The number of aromatic carboxylic acids is 1. The van der Waals surface area contributed by atoms with E-state index in [-0.39, 0.29) is 11.3 Å². The fourth-order valence-corrected chi connectivity index (χ4v) is 4.32. The van der Waals surface area contributed by atoms with Crippen molar-refractivity contribution in [3.05, 3.63) is 101 Å². The summed E-state index contributed by atoms with van der Waals surface area (Å²) in [7, 11) is 0. The minimum absolute atomic E-state index is 0.00277. The summed E-state index contributed by atoms with van der Waals surface area (Å²) < 4.78 is 7.29. The molecule has 5 aromatic rings. The van der Waals surface area contributed by atoms with Crippen molar-refractivity contribution in [1.29, 1.82) is 5.26 Å². The monoisotopic (exact) mass is 478 g/mol. The van der Waals surface area contributed by atoms with Gasteiger partial charge in [0.2, 0.25) is 5.76 Å². The van der Waals surface area contributed by atoms with E-state index in [1.54, 1.807) is 12.1 Å². The molecule has 0 spiro atoms. The Morgan fingerprint density at radius 2 is 1.86 bits per heavy atom. The van der Waals surface area contributed by atoms with Crippen LogP contribution in [0.15, 0.2) is 83.0 Å². The summed E-state index contributed by atoms with van der Waals surface area (Å²) in [5.41, 5.74) is 3.72. The van der Waals surface area contributed by atoms with E-state index >= 15 is 0 Å². The van der Waals surface area contributed by atoms with Gasteiger partial charge in [0.1, 0.15) is 17.4 Å². The van der Waals surface area contributed by atoms with E-state index in [9.17, 15) is 14.9 Å². The van der Waals surface area contributed by atoms with Gasteiger partial charge in [-0.15, -0.1) is 0 Å². The third kappa shape index (κ3) is 4.50. The Bertz CT molecular complexity index is 1660. The van der Waals surface area contributed by atoms with Crippen molar-refractivity contribution in [2.75, 3.05) is 6.54 Å². The van der Waals surface area contributed by atoms with Crippen LogP contribution in [0, 0.1) is 11.3 Å². The van der Waals surface area contributed by atoms with Crippen LogP contribution < -0.4 is 5.32 Å². The topological polar surface area (TPSA) is 124 Å². The van der Waals surface area contributed by atoms with Crippen molar-refractivity contribution >= 4 is 39.8 Å². The summed E-state index contributed by atoms with van der Waals surface area (Å²) in [4.78, 5) is 27.1. The van der Waals surface area contributed by atoms with E-state index in [2.05, 4.69) is 10.3 Å². The lowest BCUT2D eigenvalue weighted by atomic mass is 10.1. The highest BCUT2D eigenvalue weighted by Gasteiger charge is 2.15. The van der Waals surface area contributed by atoms with E-state index < -0.39 is 11.9 Å². The van der Waals surface area contributed by atoms with Gasteiger partial charge < -0.3 is 24.4 Å². The first-order valence-electron chi connectivity index (χ1n) is 11.4. The van der Waals surface area contributed by atoms with Crippen LogP contribution in [0.3, 0.4) is 0 Å². The molecule has 3 N–H and O–H groups in total. The molecule has 1 amide bonds. The number of nitrogens with one attached hydrogen (secondary N) is 2. The van der Waals surface area contributed by atoms with Gasteiger partial charge in [0, 0.05) is 46.3 Å².